The summed E-state index contributed by atoms with van der Waals surface area (Å²) in [6, 6.07) is 4.67. The van der Waals surface area contributed by atoms with Gasteiger partial charge >= 0.3 is 0 Å². The van der Waals surface area contributed by atoms with E-state index in [0.29, 0.717) is 13.1 Å². The van der Waals surface area contributed by atoms with Gasteiger partial charge in [0.25, 0.3) is 0 Å². The topological polar surface area (TPSA) is 62.7 Å². The third-order valence-corrected chi connectivity index (χ3v) is 3.30. The van der Waals surface area contributed by atoms with Crippen molar-refractivity contribution in [3.8, 4) is 11.1 Å². The van der Waals surface area contributed by atoms with Gasteiger partial charge in [-0.05, 0) is 18.2 Å². The lowest BCUT2D eigenvalue weighted by Crippen LogP contribution is -2.24. The number of halogens is 1. The number of amides is 1. The Labute approximate surface area is 120 Å². The van der Waals surface area contributed by atoms with Gasteiger partial charge in [0.1, 0.15) is 5.82 Å². The van der Waals surface area contributed by atoms with Crippen LogP contribution in [0, 0.1) is 5.82 Å². The molecule has 1 amide bonds. The van der Waals surface area contributed by atoms with E-state index in [2.05, 4.69) is 15.4 Å². The molecule has 3 rings (SSSR count). The summed E-state index contributed by atoms with van der Waals surface area (Å²) in [5.74, 6) is -0.317. The van der Waals surface area contributed by atoms with Crippen molar-refractivity contribution in [1.82, 2.24) is 20.1 Å². The fourth-order valence-electron chi connectivity index (χ4n) is 2.31. The molecular weight excluding hydrogens is 271 g/mol. The van der Waals surface area contributed by atoms with Gasteiger partial charge in [-0.25, -0.2) is 4.39 Å². The van der Waals surface area contributed by atoms with Crippen LogP contribution in [0.25, 0.3) is 22.0 Å². The molecule has 0 aliphatic carbocycles. The van der Waals surface area contributed by atoms with Crippen LogP contribution in [-0.2, 0) is 11.3 Å². The molecule has 21 heavy (non-hydrogen) atoms. The molecule has 5 nitrogen and oxygen atoms in total. The molecule has 2 heterocycles. The molecule has 0 aliphatic heterocycles. The van der Waals surface area contributed by atoms with Crippen LogP contribution in [0.15, 0.2) is 36.8 Å². The number of aromatic amines is 1. The minimum Gasteiger partial charge on any atom is -0.360 e. The first kappa shape index (κ1) is 13.4. The van der Waals surface area contributed by atoms with Crippen molar-refractivity contribution in [2.45, 2.75) is 13.5 Å². The Morgan fingerprint density at radius 2 is 2.33 bits per heavy atom. The lowest BCUT2D eigenvalue weighted by molar-refractivity contribution is -0.118. The number of fused-ring (bicyclic) bond motifs is 1. The molecular formula is C15H15FN4O. The fraction of sp³-hybridized carbons (Fsp3) is 0.200. The van der Waals surface area contributed by atoms with Gasteiger partial charge in [0.05, 0.1) is 12.7 Å². The maximum atomic E-state index is 13.2. The Kier molecular flexibility index (Phi) is 3.43. The molecule has 0 fully saturated rings. The molecule has 0 bridgehead atoms. The number of H-pyrrole nitrogens is 1. The zero-order valence-corrected chi connectivity index (χ0v) is 11.6. The van der Waals surface area contributed by atoms with Crippen LogP contribution < -0.4 is 5.32 Å². The Morgan fingerprint density at radius 3 is 3.14 bits per heavy atom. The van der Waals surface area contributed by atoms with Crippen LogP contribution in [-0.4, -0.2) is 27.2 Å². The van der Waals surface area contributed by atoms with E-state index in [1.165, 1.54) is 19.1 Å². The summed E-state index contributed by atoms with van der Waals surface area (Å²) >= 11 is 0. The number of nitrogens with one attached hydrogen (secondary N) is 2. The number of aromatic nitrogens is 3. The first-order chi connectivity index (χ1) is 10.1. The first-order valence-corrected chi connectivity index (χ1v) is 6.67. The number of benzene rings is 1. The Balaban J connectivity index is 1.83. The van der Waals surface area contributed by atoms with Crippen molar-refractivity contribution in [3.05, 3.63) is 42.6 Å². The van der Waals surface area contributed by atoms with E-state index in [9.17, 15) is 9.18 Å². The van der Waals surface area contributed by atoms with Crippen LogP contribution in [0.5, 0.6) is 0 Å². The SMILES string of the molecule is CC(=O)NCCn1cc(-c2c[nH]c3cc(F)ccc23)cn1. The van der Waals surface area contributed by atoms with Gasteiger partial charge in [0, 0.05) is 47.9 Å². The van der Waals surface area contributed by atoms with E-state index in [1.54, 1.807) is 16.9 Å². The molecule has 1 aromatic carbocycles. The van der Waals surface area contributed by atoms with Crippen LogP contribution >= 0.6 is 0 Å². The van der Waals surface area contributed by atoms with E-state index < -0.39 is 0 Å². The van der Waals surface area contributed by atoms with Crippen molar-refractivity contribution < 1.29 is 9.18 Å². The Hall–Kier alpha value is -2.63. The highest BCUT2D eigenvalue weighted by Crippen LogP contribution is 2.28. The fourth-order valence-corrected chi connectivity index (χ4v) is 2.31. The Morgan fingerprint density at radius 1 is 1.48 bits per heavy atom. The first-order valence-electron chi connectivity index (χ1n) is 6.67. The van der Waals surface area contributed by atoms with E-state index in [0.717, 1.165) is 22.0 Å². The van der Waals surface area contributed by atoms with Gasteiger partial charge < -0.3 is 10.3 Å². The molecule has 0 radical (unpaired) electrons. The van der Waals surface area contributed by atoms with Crippen molar-refractivity contribution in [2.24, 2.45) is 0 Å². The lowest BCUT2D eigenvalue weighted by atomic mass is 10.1. The van der Waals surface area contributed by atoms with Crippen molar-refractivity contribution in [3.63, 3.8) is 0 Å². The predicted octanol–water partition coefficient (Wildman–Crippen LogP) is 2.31. The number of carbonyl (C=O) groups is 1. The molecule has 0 spiro atoms. The van der Waals surface area contributed by atoms with Gasteiger partial charge in [-0.3, -0.25) is 9.48 Å². The third kappa shape index (κ3) is 2.79. The maximum Gasteiger partial charge on any atom is 0.216 e. The summed E-state index contributed by atoms with van der Waals surface area (Å²) in [5, 5.41) is 7.95. The molecule has 3 aromatic rings. The van der Waals surface area contributed by atoms with Gasteiger partial charge in [-0.2, -0.15) is 5.10 Å². The summed E-state index contributed by atoms with van der Waals surface area (Å²) in [4.78, 5) is 13.9. The average Bonchev–Trinajstić information content (AvgIpc) is 3.04. The van der Waals surface area contributed by atoms with Gasteiger partial charge in [-0.15, -0.1) is 0 Å². The summed E-state index contributed by atoms with van der Waals surface area (Å²) in [6.45, 7) is 2.63. The third-order valence-electron chi connectivity index (χ3n) is 3.30. The van der Waals surface area contributed by atoms with Crippen LogP contribution in [0.3, 0.4) is 0 Å². The standard InChI is InChI=1S/C15H15FN4O/c1-10(21)17-4-5-20-9-11(7-19-20)14-8-18-15-6-12(16)2-3-13(14)15/h2-3,6-9,18H,4-5H2,1H3,(H,17,21). The highest BCUT2D eigenvalue weighted by molar-refractivity contribution is 5.95. The number of carbonyl (C=O) groups excluding carboxylic acids is 1. The molecule has 0 atom stereocenters. The molecule has 2 aromatic heterocycles. The zero-order chi connectivity index (χ0) is 14.8. The monoisotopic (exact) mass is 286 g/mol. The summed E-state index contributed by atoms with van der Waals surface area (Å²) in [5.41, 5.74) is 2.70. The number of rotatable bonds is 4. The van der Waals surface area contributed by atoms with Gasteiger partial charge in [0.2, 0.25) is 5.91 Å². The van der Waals surface area contributed by atoms with E-state index in [1.807, 2.05) is 12.4 Å². The molecule has 108 valence electrons. The summed E-state index contributed by atoms with van der Waals surface area (Å²) in [7, 11) is 0. The maximum absolute atomic E-state index is 13.2. The zero-order valence-electron chi connectivity index (χ0n) is 11.6. The largest absolute Gasteiger partial charge is 0.360 e. The van der Waals surface area contributed by atoms with E-state index >= 15 is 0 Å². The highest BCUT2D eigenvalue weighted by atomic mass is 19.1. The molecule has 0 saturated carbocycles. The number of hydrogen-bond acceptors (Lipinski definition) is 2. The van der Waals surface area contributed by atoms with Gasteiger partial charge in [0.15, 0.2) is 0 Å². The van der Waals surface area contributed by atoms with Crippen LogP contribution in [0.2, 0.25) is 0 Å². The molecule has 2 N–H and O–H groups in total. The predicted molar refractivity (Wildman–Crippen MR) is 78.2 cm³/mol. The second kappa shape index (κ2) is 5.40. The van der Waals surface area contributed by atoms with Gasteiger partial charge in [-0.1, -0.05) is 0 Å². The lowest BCUT2D eigenvalue weighted by Gasteiger charge is -2.01. The molecule has 0 unspecified atom stereocenters. The van der Waals surface area contributed by atoms with E-state index in [-0.39, 0.29) is 11.7 Å². The number of hydrogen-bond donors (Lipinski definition) is 2. The second-order valence-electron chi connectivity index (χ2n) is 4.87. The van der Waals surface area contributed by atoms with E-state index in [4.69, 9.17) is 0 Å². The quantitative estimate of drug-likeness (QED) is 0.773. The molecule has 0 saturated heterocycles. The average molecular weight is 286 g/mol. The summed E-state index contributed by atoms with van der Waals surface area (Å²) in [6.07, 6.45) is 5.52. The Bertz CT molecular complexity index is 790. The van der Waals surface area contributed by atoms with Crippen LogP contribution in [0.1, 0.15) is 6.92 Å². The van der Waals surface area contributed by atoms with Crippen molar-refractivity contribution in [2.75, 3.05) is 6.54 Å². The second-order valence-corrected chi connectivity index (χ2v) is 4.87. The van der Waals surface area contributed by atoms with Crippen molar-refractivity contribution in [1.29, 1.82) is 0 Å². The highest BCUT2D eigenvalue weighted by Gasteiger charge is 2.09. The number of nitrogens with zero attached hydrogens (tertiary/aromatic N) is 2. The minimum atomic E-state index is -0.262. The molecule has 6 heteroatoms. The minimum absolute atomic E-state index is 0.0546. The summed E-state index contributed by atoms with van der Waals surface area (Å²) < 4.78 is 15.0. The van der Waals surface area contributed by atoms with Crippen molar-refractivity contribution >= 4 is 16.8 Å². The van der Waals surface area contributed by atoms with Crippen LogP contribution in [0.4, 0.5) is 4.39 Å². The molecule has 0 aliphatic rings. The smallest absolute Gasteiger partial charge is 0.216 e. The normalized spacial score (nSPS) is 11.0.